The van der Waals surface area contributed by atoms with Crippen LogP contribution in [0.3, 0.4) is 0 Å². The number of hydrogen-bond acceptors (Lipinski definition) is 5. The average molecular weight is 361 g/mol. The highest BCUT2D eigenvalue weighted by Crippen LogP contribution is 2.14. The van der Waals surface area contributed by atoms with E-state index in [9.17, 15) is 18.0 Å². The maximum atomic E-state index is 12.1. The molecule has 0 saturated carbocycles. The van der Waals surface area contributed by atoms with Gasteiger partial charge in [0, 0.05) is 11.3 Å². The van der Waals surface area contributed by atoms with Crippen molar-refractivity contribution in [3.8, 4) is 5.75 Å². The van der Waals surface area contributed by atoms with Gasteiger partial charge in [-0.3, -0.25) is 9.59 Å². The first-order chi connectivity index (χ1) is 11.8. The van der Waals surface area contributed by atoms with E-state index in [-0.39, 0.29) is 5.56 Å². The smallest absolute Gasteiger partial charge is 0.239 e. The number of anilines is 1. The predicted molar refractivity (Wildman–Crippen MR) is 95.8 cm³/mol. The van der Waals surface area contributed by atoms with Gasteiger partial charge in [-0.1, -0.05) is 29.8 Å². The highest BCUT2D eigenvalue weighted by Gasteiger charge is 2.22. The van der Waals surface area contributed by atoms with E-state index in [0.717, 1.165) is 5.56 Å². The summed E-state index contributed by atoms with van der Waals surface area (Å²) in [4.78, 5) is 24.0. The fourth-order valence-electron chi connectivity index (χ4n) is 2.16. The van der Waals surface area contributed by atoms with Crippen molar-refractivity contribution in [3.63, 3.8) is 0 Å². The molecule has 0 fully saturated rings. The fourth-order valence-corrected chi connectivity index (χ4v) is 3.30. The monoisotopic (exact) mass is 361 g/mol. The van der Waals surface area contributed by atoms with Crippen molar-refractivity contribution in [3.05, 3.63) is 59.7 Å². The minimum absolute atomic E-state index is 0.224. The number of ketones is 1. The van der Waals surface area contributed by atoms with Gasteiger partial charge >= 0.3 is 0 Å². The lowest BCUT2D eigenvalue weighted by atomic mass is 10.1. The Morgan fingerprint density at radius 1 is 1.04 bits per heavy atom. The number of aryl methyl sites for hydroxylation is 1. The van der Waals surface area contributed by atoms with Crippen molar-refractivity contribution >= 4 is 27.2 Å². The molecule has 2 aromatic rings. The number of methoxy groups -OCH3 is 1. The van der Waals surface area contributed by atoms with E-state index in [1.165, 1.54) is 19.2 Å². The zero-order valence-corrected chi connectivity index (χ0v) is 14.8. The van der Waals surface area contributed by atoms with Crippen LogP contribution in [0.25, 0.3) is 0 Å². The van der Waals surface area contributed by atoms with Gasteiger partial charge < -0.3 is 10.1 Å². The van der Waals surface area contributed by atoms with Crippen molar-refractivity contribution in [2.75, 3.05) is 23.9 Å². The second kappa shape index (κ2) is 7.94. The quantitative estimate of drug-likeness (QED) is 0.764. The average Bonchev–Trinajstić information content (AvgIpc) is 2.56. The van der Waals surface area contributed by atoms with Gasteiger partial charge in [0.15, 0.2) is 15.6 Å². The highest BCUT2D eigenvalue weighted by atomic mass is 32.2. The molecule has 1 N–H and O–H groups in total. The van der Waals surface area contributed by atoms with Gasteiger partial charge in [0.1, 0.15) is 17.3 Å². The Bertz CT molecular complexity index is 873. The van der Waals surface area contributed by atoms with Crippen LogP contribution in [0.1, 0.15) is 15.9 Å². The minimum atomic E-state index is -3.88. The number of rotatable bonds is 7. The summed E-state index contributed by atoms with van der Waals surface area (Å²) in [6, 6.07) is 13.2. The van der Waals surface area contributed by atoms with E-state index in [1.54, 1.807) is 36.4 Å². The Balaban J connectivity index is 1.99. The van der Waals surface area contributed by atoms with Gasteiger partial charge in [0.2, 0.25) is 5.91 Å². The molecule has 1 amide bonds. The summed E-state index contributed by atoms with van der Waals surface area (Å²) < 4.78 is 29.2. The Hall–Kier alpha value is -2.67. The van der Waals surface area contributed by atoms with Crippen LogP contribution in [0.5, 0.6) is 5.75 Å². The maximum absolute atomic E-state index is 12.1. The van der Waals surface area contributed by atoms with Crippen LogP contribution >= 0.6 is 0 Å². The molecule has 0 unspecified atom stereocenters. The van der Waals surface area contributed by atoms with E-state index in [0.29, 0.717) is 11.4 Å². The Labute approximate surface area is 146 Å². The number of hydrogen-bond donors (Lipinski definition) is 1. The van der Waals surface area contributed by atoms with E-state index >= 15 is 0 Å². The van der Waals surface area contributed by atoms with Crippen molar-refractivity contribution in [2.24, 2.45) is 0 Å². The van der Waals surface area contributed by atoms with Crippen molar-refractivity contribution in [1.29, 1.82) is 0 Å². The lowest BCUT2D eigenvalue weighted by Gasteiger charge is -2.07. The number of Topliss-reactive ketones (excluding diaryl/α,β-unsaturated/α-hetero) is 1. The summed E-state index contributed by atoms with van der Waals surface area (Å²) in [5.41, 5.74) is 1.75. The van der Waals surface area contributed by atoms with E-state index < -0.39 is 33.0 Å². The summed E-state index contributed by atoms with van der Waals surface area (Å²) in [5, 5.41) is 2.51. The summed E-state index contributed by atoms with van der Waals surface area (Å²) in [7, 11) is -2.42. The molecule has 0 aliphatic carbocycles. The van der Waals surface area contributed by atoms with Crippen molar-refractivity contribution < 1.29 is 22.7 Å². The van der Waals surface area contributed by atoms with Crippen LogP contribution in [0.2, 0.25) is 0 Å². The summed E-state index contributed by atoms with van der Waals surface area (Å²) in [6.45, 7) is 1.90. The molecule has 0 atom stereocenters. The van der Waals surface area contributed by atoms with Gasteiger partial charge in [-0.05, 0) is 31.2 Å². The highest BCUT2D eigenvalue weighted by molar-refractivity contribution is 7.92. The molecule has 0 spiro atoms. The first kappa shape index (κ1) is 18.7. The van der Waals surface area contributed by atoms with Crippen LogP contribution < -0.4 is 10.1 Å². The third-order valence-electron chi connectivity index (χ3n) is 3.43. The van der Waals surface area contributed by atoms with Crippen molar-refractivity contribution in [1.82, 2.24) is 0 Å². The first-order valence-electron chi connectivity index (χ1n) is 7.53. The van der Waals surface area contributed by atoms with Gasteiger partial charge in [0.25, 0.3) is 0 Å². The molecule has 0 aromatic heterocycles. The van der Waals surface area contributed by atoms with Crippen LogP contribution in [0.4, 0.5) is 5.69 Å². The molecular weight excluding hydrogens is 342 g/mol. The maximum Gasteiger partial charge on any atom is 0.239 e. The third-order valence-corrected chi connectivity index (χ3v) is 4.83. The van der Waals surface area contributed by atoms with E-state index in [1.807, 2.05) is 6.92 Å². The van der Waals surface area contributed by atoms with Crippen LogP contribution in [0, 0.1) is 6.92 Å². The second-order valence-corrected chi connectivity index (χ2v) is 7.67. The normalized spacial score (nSPS) is 11.0. The number of nitrogens with one attached hydrogen (secondary N) is 1. The molecule has 0 aliphatic rings. The number of amides is 1. The van der Waals surface area contributed by atoms with E-state index in [2.05, 4.69) is 5.32 Å². The summed E-state index contributed by atoms with van der Waals surface area (Å²) in [6.07, 6.45) is 0. The zero-order chi connectivity index (χ0) is 18.4. The summed E-state index contributed by atoms with van der Waals surface area (Å²) in [5.74, 6) is -2.29. The topological polar surface area (TPSA) is 89.5 Å². The molecule has 2 rings (SSSR count). The predicted octanol–water partition coefficient (Wildman–Crippen LogP) is 2.24. The Morgan fingerprint density at radius 3 is 2.36 bits per heavy atom. The number of sulfone groups is 1. The molecule has 0 saturated heterocycles. The molecule has 6 nitrogen and oxygen atoms in total. The number of benzene rings is 2. The fraction of sp³-hybridized carbons (Fsp3) is 0.222. The molecule has 132 valence electrons. The minimum Gasteiger partial charge on any atom is -0.497 e. The van der Waals surface area contributed by atoms with Gasteiger partial charge in [-0.25, -0.2) is 8.42 Å². The molecule has 0 radical (unpaired) electrons. The molecule has 0 aliphatic heterocycles. The number of carbonyl (C=O) groups is 2. The SMILES string of the molecule is COc1cccc(C(=O)CS(=O)(=O)CC(=O)Nc2ccc(C)cc2)c1. The van der Waals surface area contributed by atoms with Crippen molar-refractivity contribution in [2.45, 2.75) is 6.92 Å². The lowest BCUT2D eigenvalue weighted by Crippen LogP contribution is -2.27. The Kier molecular flexibility index (Phi) is 5.93. The van der Waals surface area contributed by atoms with Gasteiger partial charge in [0.05, 0.1) is 7.11 Å². The zero-order valence-electron chi connectivity index (χ0n) is 14.0. The molecule has 0 heterocycles. The lowest BCUT2D eigenvalue weighted by molar-refractivity contribution is -0.113. The van der Waals surface area contributed by atoms with Gasteiger partial charge in [-0.15, -0.1) is 0 Å². The van der Waals surface area contributed by atoms with Crippen LogP contribution in [-0.4, -0.2) is 38.7 Å². The standard InChI is InChI=1S/C18H19NO5S/c1-13-6-8-15(9-7-13)19-18(21)12-25(22,23)11-17(20)14-4-3-5-16(10-14)24-2/h3-10H,11-12H2,1-2H3,(H,19,21). The number of carbonyl (C=O) groups excluding carboxylic acids is 2. The molecule has 0 bridgehead atoms. The first-order valence-corrected chi connectivity index (χ1v) is 9.35. The second-order valence-electron chi connectivity index (χ2n) is 5.60. The molecule has 25 heavy (non-hydrogen) atoms. The third kappa shape index (κ3) is 5.72. The molecular formula is C18H19NO5S. The Morgan fingerprint density at radius 2 is 1.72 bits per heavy atom. The molecule has 2 aromatic carbocycles. The molecule has 7 heteroatoms. The summed E-state index contributed by atoms with van der Waals surface area (Å²) >= 11 is 0. The van der Waals surface area contributed by atoms with Crippen LogP contribution in [0.15, 0.2) is 48.5 Å². The van der Waals surface area contributed by atoms with E-state index in [4.69, 9.17) is 4.74 Å². The largest absolute Gasteiger partial charge is 0.497 e. The van der Waals surface area contributed by atoms with Gasteiger partial charge in [-0.2, -0.15) is 0 Å². The van der Waals surface area contributed by atoms with Crippen LogP contribution in [-0.2, 0) is 14.6 Å². The number of ether oxygens (including phenoxy) is 1.